The fourth-order valence-corrected chi connectivity index (χ4v) is 7.48. The van der Waals surface area contributed by atoms with Crippen molar-refractivity contribution in [2.45, 2.75) is 74.3 Å². The first-order valence-electron chi connectivity index (χ1n) is 14.3. The highest BCUT2D eigenvalue weighted by Gasteiger charge is 2.52. The number of alkyl halides is 2. The van der Waals surface area contributed by atoms with E-state index in [1.54, 1.807) is 6.07 Å². The number of furan rings is 1. The molecule has 0 unspecified atom stereocenters. The maximum Gasteiger partial charge on any atom is 0.287 e. The van der Waals surface area contributed by atoms with E-state index in [1.165, 1.54) is 0 Å². The van der Waals surface area contributed by atoms with Crippen molar-refractivity contribution in [3.8, 4) is 23.5 Å². The molecule has 6 rings (SSSR count). The molecule has 3 aromatic rings. The van der Waals surface area contributed by atoms with Crippen LogP contribution in [0, 0.1) is 12.3 Å². The number of terminal acetylenes is 1. The van der Waals surface area contributed by atoms with Gasteiger partial charge in [-0.25, -0.2) is 17.2 Å². The largest absolute Gasteiger partial charge is 0.451 e. The van der Waals surface area contributed by atoms with E-state index < -0.39 is 51.5 Å². The Hall–Kier alpha value is -3.71. The lowest BCUT2D eigenvalue weighted by Gasteiger charge is -2.39. The molecule has 3 aliphatic rings. The topological polar surface area (TPSA) is 105 Å². The van der Waals surface area contributed by atoms with E-state index in [9.17, 15) is 26.8 Å². The van der Waals surface area contributed by atoms with Crippen LogP contribution in [0.5, 0.6) is 0 Å². The molecule has 3 fully saturated rings. The van der Waals surface area contributed by atoms with Crippen molar-refractivity contribution >= 4 is 32.6 Å². The van der Waals surface area contributed by atoms with Crippen LogP contribution in [-0.2, 0) is 14.6 Å². The Kier molecular flexibility index (Phi) is 6.92. The minimum absolute atomic E-state index is 0.0210. The number of fused-ring (bicyclic) bond motifs is 1. The van der Waals surface area contributed by atoms with Gasteiger partial charge in [0, 0.05) is 18.2 Å². The Bertz CT molecular complexity index is 1680. The highest BCUT2D eigenvalue weighted by atomic mass is 32.2. The van der Waals surface area contributed by atoms with Crippen LogP contribution in [0.25, 0.3) is 22.1 Å². The van der Waals surface area contributed by atoms with E-state index in [2.05, 4.69) is 16.6 Å². The van der Waals surface area contributed by atoms with Gasteiger partial charge in [0.2, 0.25) is 11.8 Å². The molecule has 2 saturated carbocycles. The predicted octanol–water partition coefficient (Wildman–Crippen LogP) is 5.35. The fraction of sp³-hybridized carbons (Fsp3) is 0.438. The number of sulfone groups is 1. The second-order valence-corrected chi connectivity index (χ2v) is 14.3. The average molecular weight is 595 g/mol. The Morgan fingerprint density at radius 1 is 0.881 bits per heavy atom. The first-order chi connectivity index (χ1) is 19.9. The molecule has 0 radical (unpaired) electrons. The Labute approximate surface area is 243 Å². The number of benzene rings is 2. The summed E-state index contributed by atoms with van der Waals surface area (Å²) in [5, 5.41) is 6.21. The Morgan fingerprint density at radius 2 is 1.52 bits per heavy atom. The van der Waals surface area contributed by atoms with Gasteiger partial charge in [-0.2, -0.15) is 0 Å². The molecule has 1 saturated heterocycles. The third kappa shape index (κ3) is 5.67. The van der Waals surface area contributed by atoms with Crippen LogP contribution in [0.15, 0.2) is 52.9 Å². The molecule has 0 atom stereocenters. The molecule has 2 aromatic carbocycles. The zero-order chi connectivity index (χ0) is 29.8. The highest BCUT2D eigenvalue weighted by Crippen LogP contribution is 2.41. The summed E-state index contributed by atoms with van der Waals surface area (Å²) in [6.07, 6.45) is 6.56. The van der Waals surface area contributed by atoms with E-state index >= 15 is 0 Å². The van der Waals surface area contributed by atoms with Crippen molar-refractivity contribution in [2.24, 2.45) is 0 Å². The number of hydrogen-bond donors (Lipinski definition) is 2. The molecule has 1 aliphatic heterocycles. The zero-order valence-corrected chi connectivity index (χ0v) is 23.9. The smallest absolute Gasteiger partial charge is 0.287 e. The summed E-state index contributed by atoms with van der Waals surface area (Å²) < 4.78 is 57.5. The van der Waals surface area contributed by atoms with Crippen molar-refractivity contribution in [2.75, 3.05) is 11.5 Å². The Balaban J connectivity index is 1.19. The van der Waals surface area contributed by atoms with E-state index in [-0.39, 0.29) is 36.0 Å². The molecule has 2 heterocycles. The van der Waals surface area contributed by atoms with E-state index in [1.807, 2.05) is 42.5 Å². The predicted molar refractivity (Wildman–Crippen MR) is 155 cm³/mol. The molecule has 0 spiro atoms. The normalized spacial score (nSPS) is 22.1. The average Bonchev–Trinajstić information content (AvgIpc) is 3.61. The summed E-state index contributed by atoms with van der Waals surface area (Å²) in [4.78, 5) is 26.7. The molecule has 0 bridgehead atoms. The molecule has 42 heavy (non-hydrogen) atoms. The van der Waals surface area contributed by atoms with Gasteiger partial charge in [-0.05, 0) is 73.3 Å². The van der Waals surface area contributed by atoms with Crippen molar-refractivity contribution in [3.63, 3.8) is 0 Å². The van der Waals surface area contributed by atoms with Gasteiger partial charge < -0.3 is 15.1 Å². The minimum atomic E-state index is -2.92. The molecule has 2 amide bonds. The van der Waals surface area contributed by atoms with Gasteiger partial charge in [0.05, 0.1) is 11.5 Å². The second-order valence-electron chi connectivity index (χ2n) is 12.0. The summed E-state index contributed by atoms with van der Waals surface area (Å²) >= 11 is 0. The number of hydrogen-bond acceptors (Lipinski definition) is 5. The summed E-state index contributed by atoms with van der Waals surface area (Å²) in [5.74, 6) is -0.898. The lowest BCUT2D eigenvalue weighted by atomic mass is 9.78. The van der Waals surface area contributed by atoms with Crippen LogP contribution in [0.1, 0.15) is 73.4 Å². The summed E-state index contributed by atoms with van der Waals surface area (Å²) in [6, 6.07) is 15.2. The van der Waals surface area contributed by atoms with Crippen LogP contribution < -0.4 is 10.6 Å². The van der Waals surface area contributed by atoms with Gasteiger partial charge >= 0.3 is 0 Å². The van der Waals surface area contributed by atoms with Crippen molar-refractivity contribution < 1.29 is 31.2 Å². The number of nitrogens with one attached hydrogen (secondary N) is 2. The summed E-state index contributed by atoms with van der Waals surface area (Å²) in [7, 11) is -2.92. The van der Waals surface area contributed by atoms with Crippen molar-refractivity contribution in [1.29, 1.82) is 0 Å². The number of amides is 2. The van der Waals surface area contributed by atoms with E-state index in [0.29, 0.717) is 36.7 Å². The standard InChI is InChI=1S/C32H32F2N2O5S/c1-2-30(11-12-30)36-29(38)31(13-15-32(33,34)16-14-31)35-28(37)27-20-25-8-7-24(19-26(25)41-27)22-5-3-21(4-6-22)23-9-17-42(39,40)18-10-23/h1,3-8,19-20,23H,9-18H2,(H,35,37)(H,36,38). The number of rotatable bonds is 6. The van der Waals surface area contributed by atoms with E-state index in [0.717, 1.165) is 16.7 Å². The molecule has 2 aliphatic carbocycles. The number of carbonyl (C=O) groups excluding carboxylic acids is 2. The van der Waals surface area contributed by atoms with Gasteiger partial charge in [-0.15, -0.1) is 6.42 Å². The highest BCUT2D eigenvalue weighted by molar-refractivity contribution is 7.91. The third-order valence-electron chi connectivity index (χ3n) is 9.02. The molecule has 2 N–H and O–H groups in total. The molecule has 1 aromatic heterocycles. The van der Waals surface area contributed by atoms with Gasteiger partial charge in [0.25, 0.3) is 5.91 Å². The first kappa shape index (κ1) is 28.4. The number of halogens is 2. The van der Waals surface area contributed by atoms with Crippen LogP contribution in [0.4, 0.5) is 8.78 Å². The van der Waals surface area contributed by atoms with Gasteiger partial charge in [0.1, 0.15) is 26.5 Å². The lowest BCUT2D eigenvalue weighted by molar-refractivity contribution is -0.133. The third-order valence-corrected chi connectivity index (χ3v) is 10.7. The SMILES string of the molecule is C#CC1(NC(=O)C2(NC(=O)c3cc4ccc(-c5ccc(C6CCS(=O)(=O)CC6)cc5)cc4o3)CCC(F)(F)CC2)CC1. The van der Waals surface area contributed by atoms with Crippen LogP contribution >= 0.6 is 0 Å². The molecule has 7 nitrogen and oxygen atoms in total. The molecule has 220 valence electrons. The van der Waals surface area contributed by atoms with Crippen molar-refractivity contribution in [1.82, 2.24) is 10.6 Å². The maximum atomic E-state index is 14.0. The zero-order valence-electron chi connectivity index (χ0n) is 23.0. The summed E-state index contributed by atoms with van der Waals surface area (Å²) in [6.45, 7) is 0. The van der Waals surface area contributed by atoms with Gasteiger partial charge in [-0.3, -0.25) is 9.59 Å². The fourth-order valence-electron chi connectivity index (χ4n) is 5.99. The summed E-state index contributed by atoms with van der Waals surface area (Å²) in [5.41, 5.74) is 1.10. The molecular formula is C32H32F2N2O5S. The minimum Gasteiger partial charge on any atom is -0.451 e. The first-order valence-corrected chi connectivity index (χ1v) is 16.1. The number of carbonyl (C=O) groups is 2. The lowest BCUT2D eigenvalue weighted by Crippen LogP contribution is -2.62. The van der Waals surface area contributed by atoms with Crippen LogP contribution in [0.3, 0.4) is 0 Å². The van der Waals surface area contributed by atoms with Gasteiger partial charge in [-0.1, -0.05) is 42.3 Å². The molecule has 10 heteroatoms. The maximum absolute atomic E-state index is 14.0. The molecular weight excluding hydrogens is 562 g/mol. The van der Waals surface area contributed by atoms with Crippen molar-refractivity contribution in [3.05, 3.63) is 59.9 Å². The monoisotopic (exact) mass is 594 g/mol. The van der Waals surface area contributed by atoms with Gasteiger partial charge in [0.15, 0.2) is 5.76 Å². The van der Waals surface area contributed by atoms with Crippen LogP contribution in [0.2, 0.25) is 0 Å². The van der Waals surface area contributed by atoms with E-state index in [4.69, 9.17) is 10.8 Å². The van der Waals surface area contributed by atoms with Crippen LogP contribution in [-0.4, -0.2) is 48.7 Å². The second kappa shape index (κ2) is 10.2. The quantitative estimate of drug-likeness (QED) is 0.375. The Morgan fingerprint density at radius 3 is 2.14 bits per heavy atom.